The summed E-state index contributed by atoms with van der Waals surface area (Å²) in [6, 6.07) is 32.6. The van der Waals surface area contributed by atoms with Gasteiger partial charge in [-0.3, -0.25) is 29.0 Å². The number of carbonyl (C=O) groups is 6. The van der Waals surface area contributed by atoms with Crippen LogP contribution in [0.3, 0.4) is 0 Å². The van der Waals surface area contributed by atoms with E-state index in [1.165, 1.54) is 60.7 Å². The molecule has 480 valence electrons. The highest BCUT2D eigenvalue weighted by Crippen LogP contribution is 2.58. The Morgan fingerprint density at radius 2 is 0.688 bits per heavy atom. The average Bonchev–Trinajstić information content (AvgIpc) is 0.817. The van der Waals surface area contributed by atoms with Crippen LogP contribution < -0.4 is 37.9 Å². The summed E-state index contributed by atoms with van der Waals surface area (Å²) in [6.45, 7) is 0.920. The first kappa shape index (κ1) is 60.3. The van der Waals surface area contributed by atoms with Crippen molar-refractivity contribution in [3.8, 4) is 69.3 Å². The van der Waals surface area contributed by atoms with Crippen LogP contribution in [-0.2, 0) is 19.1 Å². The zero-order chi connectivity index (χ0) is 66.3. The fourth-order valence-electron chi connectivity index (χ4n) is 11.7. The number of benzene rings is 9. The molecule has 2 fully saturated rings. The molecule has 4 unspecified atom stereocenters. The molecule has 0 aliphatic carbocycles. The highest BCUT2D eigenvalue weighted by molar-refractivity contribution is 6.45. The van der Waals surface area contributed by atoms with Gasteiger partial charge in [-0.25, -0.2) is 19.6 Å². The normalized spacial score (nSPS) is 16.4. The lowest BCUT2D eigenvalue weighted by Crippen LogP contribution is -2.58. The summed E-state index contributed by atoms with van der Waals surface area (Å²) in [6.07, 6.45) is -9.78. The first-order valence-electron chi connectivity index (χ1n) is 29.4. The van der Waals surface area contributed by atoms with Crippen molar-refractivity contribution in [2.75, 3.05) is 26.4 Å². The molecule has 4 aliphatic heterocycles. The maximum atomic E-state index is 16.0. The van der Waals surface area contributed by atoms with Crippen molar-refractivity contribution in [1.29, 1.82) is 0 Å². The minimum atomic E-state index is -5.74. The van der Waals surface area contributed by atoms with Gasteiger partial charge in [0, 0.05) is 67.6 Å². The summed E-state index contributed by atoms with van der Waals surface area (Å²) in [4.78, 5) is 98.2. The first-order chi connectivity index (χ1) is 46.3. The Morgan fingerprint density at radius 3 is 0.948 bits per heavy atom. The zero-order valence-electron chi connectivity index (χ0n) is 49.0. The van der Waals surface area contributed by atoms with Crippen LogP contribution in [0.25, 0.3) is 43.1 Å². The molecule has 9 aromatic carbocycles. The molecule has 6 heterocycles. The molecule has 0 spiro atoms. The number of para-hydroxylation sites is 4. The van der Waals surface area contributed by atoms with Crippen LogP contribution in [0, 0.1) is 0 Å². The number of halogens is 6. The number of esters is 2. The van der Waals surface area contributed by atoms with E-state index in [-0.39, 0.29) is 136 Å². The monoisotopic (exact) mass is 1310 g/mol. The van der Waals surface area contributed by atoms with Gasteiger partial charge < -0.3 is 47.4 Å². The molecule has 2 saturated heterocycles. The number of amides is 4. The molecule has 20 nitrogen and oxygen atoms in total. The fraction of sp³-hybridized carbons (Fsp3) is 0.143. The van der Waals surface area contributed by atoms with E-state index in [0.29, 0.717) is 13.2 Å². The zero-order valence-corrected chi connectivity index (χ0v) is 49.0. The van der Waals surface area contributed by atoms with Gasteiger partial charge in [-0.15, -0.1) is 0 Å². The molecule has 0 radical (unpaired) electrons. The Balaban J connectivity index is 1.01. The van der Waals surface area contributed by atoms with Crippen LogP contribution in [0.2, 0.25) is 0 Å². The molecule has 0 N–H and O–H groups in total. The Labute approximate surface area is 535 Å². The smallest absolute Gasteiger partial charge is 0.420 e. The number of epoxide rings is 2. The van der Waals surface area contributed by atoms with Gasteiger partial charge in [-0.05, 0) is 84.9 Å². The van der Waals surface area contributed by atoms with E-state index in [0.717, 1.165) is 48.8 Å². The van der Waals surface area contributed by atoms with E-state index in [9.17, 15) is 9.59 Å². The summed E-state index contributed by atoms with van der Waals surface area (Å²) in [5, 5.41) is -1.66. The summed E-state index contributed by atoms with van der Waals surface area (Å²) >= 11 is 0. The third-order valence-electron chi connectivity index (χ3n) is 15.9. The molecule has 15 rings (SSSR count). The molecule has 0 bridgehead atoms. The molecule has 2 aromatic heterocycles. The molecule has 4 amide bonds. The van der Waals surface area contributed by atoms with Crippen molar-refractivity contribution in [3.05, 3.63) is 205 Å². The maximum Gasteiger partial charge on any atom is 0.420 e. The number of nitrogens with zero attached hydrogens (tertiary/aromatic N) is 4. The highest BCUT2D eigenvalue weighted by atomic mass is 19.4. The topological polar surface area (TPSA) is 234 Å². The predicted molar refractivity (Wildman–Crippen MR) is 325 cm³/mol. The van der Waals surface area contributed by atoms with Crippen molar-refractivity contribution in [2.45, 2.75) is 36.6 Å². The van der Waals surface area contributed by atoms with Gasteiger partial charge in [0.05, 0.1) is 35.5 Å². The second kappa shape index (κ2) is 23.6. The number of rotatable bonds is 20. The van der Waals surface area contributed by atoms with E-state index < -0.39 is 94.0 Å². The molecule has 11 aromatic rings. The van der Waals surface area contributed by atoms with Gasteiger partial charge in [-0.2, -0.15) is 26.3 Å². The number of hydrogen-bond donors (Lipinski definition) is 0. The van der Waals surface area contributed by atoms with E-state index in [1.807, 2.05) is 0 Å². The number of fused-ring (bicyclic) bond motifs is 2. The Kier molecular flexibility index (Phi) is 14.8. The fourth-order valence-corrected chi connectivity index (χ4v) is 11.7. The second-order valence-electron chi connectivity index (χ2n) is 22.2. The summed E-state index contributed by atoms with van der Waals surface area (Å²) < 4.78 is 155. The van der Waals surface area contributed by atoms with Crippen LogP contribution in [0.15, 0.2) is 182 Å². The number of ether oxygens (including phenoxy) is 10. The molecule has 26 heteroatoms. The summed E-state index contributed by atoms with van der Waals surface area (Å²) in [5.74, 6) is -13.7. The first-order valence-corrected chi connectivity index (χ1v) is 29.4. The molecular weight excluding hydrogens is 1270 g/mol. The highest BCUT2D eigenvalue weighted by Gasteiger charge is 2.58. The number of carbonyl (C=O) groups excluding carboxylic acids is 6. The van der Waals surface area contributed by atoms with Crippen LogP contribution in [0.4, 0.5) is 26.3 Å². The Bertz CT molecular complexity index is 4480. The van der Waals surface area contributed by atoms with Crippen LogP contribution in [0.1, 0.15) is 41.4 Å². The number of pyridine rings is 2. The number of alkyl halides is 6. The minimum absolute atomic E-state index is 0.0364. The van der Waals surface area contributed by atoms with Crippen LogP contribution >= 0.6 is 0 Å². The quantitative estimate of drug-likeness (QED) is 0.0172. The van der Waals surface area contributed by atoms with Gasteiger partial charge in [0.25, 0.3) is 23.6 Å². The Morgan fingerprint density at radius 1 is 0.406 bits per heavy atom. The Hall–Kier alpha value is -11.9. The maximum absolute atomic E-state index is 16.0. The van der Waals surface area contributed by atoms with Gasteiger partial charge in [0.15, 0.2) is 0 Å². The second-order valence-corrected chi connectivity index (χ2v) is 22.2. The summed E-state index contributed by atoms with van der Waals surface area (Å²) in [5.41, 5.74) is -2.62. The van der Waals surface area contributed by atoms with Gasteiger partial charge in [0.2, 0.25) is 23.8 Å². The van der Waals surface area contributed by atoms with Gasteiger partial charge in [0.1, 0.15) is 82.9 Å². The third-order valence-corrected chi connectivity index (χ3v) is 15.9. The van der Waals surface area contributed by atoms with Crippen molar-refractivity contribution < 1.29 is 102 Å². The van der Waals surface area contributed by atoms with Gasteiger partial charge in [-0.1, -0.05) is 72.8 Å². The van der Waals surface area contributed by atoms with Crippen molar-refractivity contribution in [2.24, 2.45) is 0 Å². The molecular formula is C70H42F6N4O16. The van der Waals surface area contributed by atoms with Crippen LogP contribution in [0.5, 0.6) is 69.3 Å². The molecule has 4 aliphatic rings. The summed E-state index contributed by atoms with van der Waals surface area (Å²) in [7, 11) is 0. The van der Waals surface area contributed by atoms with Crippen molar-refractivity contribution in [3.63, 3.8) is 0 Å². The van der Waals surface area contributed by atoms with E-state index in [4.69, 9.17) is 47.4 Å². The molecule has 0 saturated carbocycles. The van der Waals surface area contributed by atoms with Crippen LogP contribution in [-0.4, -0.2) is 118 Å². The standard InChI is InChI=1S/C70H42F6N4O16/c71-69(72,73)61(67(85)95-51-25-39(21-23-77-51)87-31-41-33-89-41)79-63(81)43-27-47(91-35-13-5-1-6-14-35)55-56-48(92-36-15-7-2-8-16-36)28-45-54-46(66(84)80(65(45)83)62(70(74,75)76)68(86)96-52-26-40(22-24-78-52)88-32-42-34-90-42)30-50(94-38-19-11-4-12-20-38)58(60(54)56)57-49(93-37-17-9-3-10-18-37)29-44(64(79)82)53(43)59(55)57/h1-30,41-42,61-62H,31-34H2. The number of imide groups is 2. The average molecular weight is 1310 g/mol. The third kappa shape index (κ3) is 11.1. The number of aromatic nitrogens is 2. The van der Waals surface area contributed by atoms with E-state index in [2.05, 4.69) is 9.97 Å². The lowest BCUT2D eigenvalue weighted by Gasteiger charge is -2.35. The van der Waals surface area contributed by atoms with Crippen molar-refractivity contribution in [1.82, 2.24) is 19.8 Å². The van der Waals surface area contributed by atoms with Crippen molar-refractivity contribution >= 4 is 78.7 Å². The minimum Gasteiger partial charge on any atom is -0.491 e. The predicted octanol–water partition coefficient (Wildman–Crippen LogP) is 13.5. The number of hydrogen-bond acceptors (Lipinski definition) is 18. The lowest BCUT2D eigenvalue weighted by atomic mass is 9.80. The van der Waals surface area contributed by atoms with E-state index in [1.54, 1.807) is 72.8 Å². The van der Waals surface area contributed by atoms with E-state index >= 15 is 45.5 Å². The largest absolute Gasteiger partial charge is 0.491 e. The molecule has 96 heavy (non-hydrogen) atoms. The SMILES string of the molecule is O=C(Oc1cc(OCC2CO2)ccn1)C(N1C(=O)c2cc(Oc3ccccc3)c3c4c(Oc5ccccc5)cc5c6c(cc(Oc7ccccc7)c(c7c(Oc8ccccc8)cc(c2c37)C1=O)c64)C(=O)N(C(C(=O)Oc1cc(OCC2CO2)ccn1)C(F)(F)F)C5=O)C(F)(F)F. The lowest BCUT2D eigenvalue weighted by molar-refractivity contribution is -0.189. The van der Waals surface area contributed by atoms with Gasteiger partial charge >= 0.3 is 24.3 Å². The molecule has 4 atom stereocenters.